The molecule has 3 aromatic rings. The van der Waals surface area contributed by atoms with E-state index < -0.39 is 0 Å². The number of aryl methyl sites for hydroxylation is 2. The Kier molecular flexibility index (Phi) is 4.85. The van der Waals surface area contributed by atoms with E-state index in [1.807, 2.05) is 31.3 Å². The molecule has 3 rings (SSSR count). The number of hydrogen-bond donors (Lipinski definition) is 1. The lowest BCUT2D eigenvalue weighted by Gasteiger charge is -2.12. The first-order valence-corrected chi connectivity index (χ1v) is 8.50. The highest BCUT2D eigenvalue weighted by Crippen LogP contribution is 2.10. The SMILES string of the molecule is Cc1cc(C)n(NC(=O)c2ccc(Cn3cc(Br)cn3)cc2)c(=O)c1. The van der Waals surface area contributed by atoms with E-state index in [1.165, 1.54) is 10.7 Å². The van der Waals surface area contributed by atoms with Gasteiger partial charge in [-0.1, -0.05) is 12.1 Å². The first kappa shape index (κ1) is 17.2. The molecule has 0 bridgehead atoms. The predicted octanol–water partition coefficient (Wildman–Crippen LogP) is 2.86. The van der Waals surface area contributed by atoms with Crippen LogP contribution in [0, 0.1) is 13.8 Å². The number of nitrogens with zero attached hydrogens (tertiary/aromatic N) is 3. The summed E-state index contributed by atoms with van der Waals surface area (Å²) in [5.41, 5.74) is 5.43. The topological polar surface area (TPSA) is 68.9 Å². The van der Waals surface area contributed by atoms with Crippen LogP contribution in [0.4, 0.5) is 0 Å². The molecule has 25 heavy (non-hydrogen) atoms. The average molecular weight is 401 g/mol. The van der Waals surface area contributed by atoms with Gasteiger partial charge in [0.15, 0.2) is 0 Å². The molecule has 0 fully saturated rings. The Balaban J connectivity index is 1.74. The molecule has 0 radical (unpaired) electrons. The van der Waals surface area contributed by atoms with Gasteiger partial charge in [-0.25, -0.2) is 4.68 Å². The van der Waals surface area contributed by atoms with Crippen LogP contribution in [0.2, 0.25) is 0 Å². The number of halogens is 1. The van der Waals surface area contributed by atoms with E-state index in [-0.39, 0.29) is 11.5 Å². The largest absolute Gasteiger partial charge is 0.270 e. The molecule has 0 saturated heterocycles. The molecule has 0 aliphatic carbocycles. The Labute approximate surface area is 153 Å². The Hall–Kier alpha value is -2.67. The summed E-state index contributed by atoms with van der Waals surface area (Å²) in [5.74, 6) is -0.331. The molecule has 0 aliphatic heterocycles. The number of carbonyl (C=O) groups excluding carboxylic acids is 1. The molecule has 7 heteroatoms. The second kappa shape index (κ2) is 7.06. The molecule has 1 aromatic carbocycles. The van der Waals surface area contributed by atoms with Crippen LogP contribution in [-0.2, 0) is 6.54 Å². The number of benzene rings is 1. The van der Waals surface area contributed by atoms with E-state index in [0.29, 0.717) is 17.8 Å². The van der Waals surface area contributed by atoms with Gasteiger partial charge in [0, 0.05) is 23.5 Å². The molecular formula is C18H17BrN4O2. The summed E-state index contributed by atoms with van der Waals surface area (Å²) in [7, 11) is 0. The summed E-state index contributed by atoms with van der Waals surface area (Å²) in [6.07, 6.45) is 3.61. The fourth-order valence-corrected chi connectivity index (χ4v) is 2.88. The summed E-state index contributed by atoms with van der Waals surface area (Å²) in [4.78, 5) is 24.4. The zero-order chi connectivity index (χ0) is 18.0. The van der Waals surface area contributed by atoms with Gasteiger partial charge in [0.25, 0.3) is 11.5 Å². The van der Waals surface area contributed by atoms with Gasteiger partial charge in [-0.15, -0.1) is 0 Å². The van der Waals surface area contributed by atoms with Gasteiger partial charge in [0.1, 0.15) is 0 Å². The molecular weight excluding hydrogens is 384 g/mol. The van der Waals surface area contributed by atoms with Crippen LogP contribution >= 0.6 is 15.9 Å². The maximum Gasteiger partial charge on any atom is 0.270 e. The fraction of sp³-hybridized carbons (Fsp3) is 0.167. The summed E-state index contributed by atoms with van der Waals surface area (Å²) in [6.45, 7) is 4.24. The van der Waals surface area contributed by atoms with Crippen molar-refractivity contribution in [2.45, 2.75) is 20.4 Å². The molecule has 0 unspecified atom stereocenters. The zero-order valence-corrected chi connectivity index (χ0v) is 15.4. The lowest BCUT2D eigenvalue weighted by molar-refractivity contribution is 0.101. The smallest absolute Gasteiger partial charge is 0.267 e. The predicted molar refractivity (Wildman–Crippen MR) is 99.3 cm³/mol. The van der Waals surface area contributed by atoms with Crippen molar-refractivity contribution >= 4 is 21.8 Å². The van der Waals surface area contributed by atoms with Crippen LogP contribution in [-0.4, -0.2) is 20.4 Å². The van der Waals surface area contributed by atoms with Crippen molar-refractivity contribution in [3.8, 4) is 0 Å². The number of carbonyl (C=O) groups is 1. The average Bonchev–Trinajstić information content (AvgIpc) is 2.96. The molecule has 6 nitrogen and oxygen atoms in total. The van der Waals surface area contributed by atoms with Crippen LogP contribution in [0.5, 0.6) is 0 Å². The second-order valence-corrected chi connectivity index (χ2v) is 6.76. The maximum atomic E-state index is 12.4. The highest BCUT2D eigenvalue weighted by Gasteiger charge is 2.09. The van der Waals surface area contributed by atoms with Gasteiger partial charge >= 0.3 is 0 Å². The summed E-state index contributed by atoms with van der Waals surface area (Å²) in [6, 6.07) is 10.5. The fourth-order valence-electron chi connectivity index (χ4n) is 2.55. The van der Waals surface area contributed by atoms with Crippen molar-refractivity contribution in [2.24, 2.45) is 0 Å². The van der Waals surface area contributed by atoms with Gasteiger partial charge in [0.2, 0.25) is 0 Å². The minimum atomic E-state index is -0.331. The van der Waals surface area contributed by atoms with E-state index in [9.17, 15) is 9.59 Å². The van der Waals surface area contributed by atoms with Gasteiger partial charge in [-0.3, -0.25) is 19.7 Å². The zero-order valence-electron chi connectivity index (χ0n) is 13.9. The quantitative estimate of drug-likeness (QED) is 0.731. The number of pyridine rings is 1. The van der Waals surface area contributed by atoms with Crippen LogP contribution in [0.15, 0.2) is 58.1 Å². The standard InChI is InChI=1S/C18H17BrN4O2/c1-12-7-13(2)23(17(24)8-12)21-18(25)15-5-3-14(4-6-15)10-22-11-16(19)9-20-22/h3-9,11H,10H2,1-2H3,(H,21,25). The summed E-state index contributed by atoms with van der Waals surface area (Å²) >= 11 is 3.36. The minimum Gasteiger partial charge on any atom is -0.267 e. The molecule has 0 saturated carbocycles. The van der Waals surface area contributed by atoms with E-state index in [2.05, 4.69) is 26.5 Å². The van der Waals surface area contributed by atoms with Gasteiger partial charge in [-0.2, -0.15) is 5.10 Å². The number of aromatic nitrogens is 3. The lowest BCUT2D eigenvalue weighted by atomic mass is 10.1. The Bertz CT molecular complexity index is 973. The van der Waals surface area contributed by atoms with Gasteiger partial charge < -0.3 is 0 Å². The molecule has 0 atom stereocenters. The third-order valence-corrected chi connectivity index (χ3v) is 4.15. The molecule has 2 heterocycles. The van der Waals surface area contributed by atoms with Crippen LogP contribution < -0.4 is 11.0 Å². The lowest BCUT2D eigenvalue weighted by Crippen LogP contribution is -2.34. The molecule has 0 spiro atoms. The number of nitrogens with one attached hydrogen (secondary N) is 1. The minimum absolute atomic E-state index is 0.258. The summed E-state index contributed by atoms with van der Waals surface area (Å²) < 4.78 is 3.97. The Morgan fingerprint density at radius 1 is 1.20 bits per heavy atom. The highest BCUT2D eigenvalue weighted by atomic mass is 79.9. The molecule has 1 N–H and O–H groups in total. The van der Waals surface area contributed by atoms with Crippen LogP contribution in [0.25, 0.3) is 0 Å². The van der Waals surface area contributed by atoms with Crippen molar-refractivity contribution in [2.75, 3.05) is 5.43 Å². The molecule has 128 valence electrons. The van der Waals surface area contributed by atoms with Crippen molar-refractivity contribution in [3.05, 3.63) is 86.0 Å². The molecule has 2 aromatic heterocycles. The van der Waals surface area contributed by atoms with E-state index in [1.54, 1.807) is 29.9 Å². The van der Waals surface area contributed by atoms with Gasteiger partial charge in [0.05, 0.1) is 17.2 Å². The van der Waals surface area contributed by atoms with E-state index in [0.717, 1.165) is 15.6 Å². The highest BCUT2D eigenvalue weighted by molar-refractivity contribution is 9.10. The van der Waals surface area contributed by atoms with E-state index >= 15 is 0 Å². The van der Waals surface area contributed by atoms with Crippen molar-refractivity contribution in [1.29, 1.82) is 0 Å². The third-order valence-electron chi connectivity index (χ3n) is 3.74. The third kappa shape index (κ3) is 4.06. The molecule has 1 amide bonds. The number of rotatable bonds is 4. The van der Waals surface area contributed by atoms with Crippen LogP contribution in [0.1, 0.15) is 27.2 Å². The first-order chi connectivity index (χ1) is 11.9. The van der Waals surface area contributed by atoms with E-state index in [4.69, 9.17) is 0 Å². The normalized spacial score (nSPS) is 10.7. The maximum absolute atomic E-state index is 12.4. The second-order valence-electron chi connectivity index (χ2n) is 5.84. The van der Waals surface area contributed by atoms with Crippen LogP contribution in [0.3, 0.4) is 0 Å². The monoisotopic (exact) mass is 400 g/mol. The number of hydrogen-bond acceptors (Lipinski definition) is 3. The first-order valence-electron chi connectivity index (χ1n) is 7.71. The van der Waals surface area contributed by atoms with Gasteiger partial charge in [-0.05, 0) is 59.1 Å². The number of amides is 1. The Morgan fingerprint density at radius 2 is 1.92 bits per heavy atom. The van der Waals surface area contributed by atoms with Crippen molar-refractivity contribution in [3.63, 3.8) is 0 Å². The van der Waals surface area contributed by atoms with Crippen molar-refractivity contribution < 1.29 is 4.79 Å². The molecule has 0 aliphatic rings. The van der Waals surface area contributed by atoms with Crippen molar-refractivity contribution in [1.82, 2.24) is 14.5 Å². The summed E-state index contributed by atoms with van der Waals surface area (Å²) in [5, 5.41) is 4.20. The Morgan fingerprint density at radius 3 is 2.52 bits per heavy atom.